The molecule has 2 unspecified atom stereocenters. The van der Waals surface area contributed by atoms with Crippen LogP contribution < -0.4 is 5.32 Å². The summed E-state index contributed by atoms with van der Waals surface area (Å²) in [5.41, 5.74) is 0.556. The molecule has 4 bridgehead atoms. The molecule has 2 aromatic rings. The molecule has 6 rings (SSSR count). The third kappa shape index (κ3) is 2.92. The molecule has 5 heterocycles. The number of rotatable bonds is 2. The van der Waals surface area contributed by atoms with Gasteiger partial charge in [0.2, 0.25) is 0 Å². The lowest BCUT2D eigenvalue weighted by Gasteiger charge is -2.55. The van der Waals surface area contributed by atoms with Crippen LogP contribution >= 0.6 is 36.2 Å². The molecule has 1 aliphatic carbocycles. The van der Waals surface area contributed by atoms with Crippen LogP contribution in [0.15, 0.2) is 23.7 Å². The molecule has 3 aliphatic heterocycles. The second kappa shape index (κ2) is 6.79. The third-order valence-corrected chi connectivity index (χ3v) is 6.53. The van der Waals surface area contributed by atoms with Crippen molar-refractivity contribution in [3.05, 3.63) is 29.4 Å². The number of pyridine rings is 1. The third-order valence-electron chi connectivity index (χ3n) is 5.66. The van der Waals surface area contributed by atoms with Gasteiger partial charge in [-0.15, -0.1) is 36.2 Å². The number of nitrogens with zero attached hydrogens (tertiary/aromatic N) is 2. The van der Waals surface area contributed by atoms with Gasteiger partial charge < -0.3 is 10.2 Å². The minimum Gasteiger partial charge on any atom is -0.347 e. The highest BCUT2D eigenvalue weighted by Gasteiger charge is 2.47. The highest BCUT2D eigenvalue weighted by Crippen LogP contribution is 2.43. The zero-order valence-electron chi connectivity index (χ0n) is 13.2. The Morgan fingerprint density at radius 1 is 1.21 bits per heavy atom. The predicted molar refractivity (Wildman–Crippen MR) is 102 cm³/mol. The van der Waals surface area contributed by atoms with Crippen LogP contribution in [-0.2, 0) is 0 Å². The Morgan fingerprint density at radius 2 is 1.96 bits per heavy atom. The SMILES string of the molecule is Cl.Cl.O=C(NC1C2CC3CC1CN(C3)C2)c1cc2ccsc2cn1. The first kappa shape index (κ1) is 17.9. The Labute approximate surface area is 157 Å². The van der Waals surface area contributed by atoms with Gasteiger partial charge >= 0.3 is 0 Å². The number of nitrogens with one attached hydrogen (secondary N) is 1. The van der Waals surface area contributed by atoms with Crippen LogP contribution in [0.3, 0.4) is 0 Å². The maximum atomic E-state index is 12.6. The summed E-state index contributed by atoms with van der Waals surface area (Å²) in [5.74, 6) is 2.15. The maximum Gasteiger partial charge on any atom is 0.270 e. The van der Waals surface area contributed by atoms with Crippen molar-refractivity contribution < 1.29 is 4.79 Å². The molecule has 0 spiro atoms. The van der Waals surface area contributed by atoms with Crippen molar-refractivity contribution in [1.29, 1.82) is 0 Å². The van der Waals surface area contributed by atoms with Gasteiger partial charge in [0.15, 0.2) is 0 Å². The van der Waals surface area contributed by atoms with Crippen molar-refractivity contribution in [2.24, 2.45) is 17.8 Å². The second-order valence-electron chi connectivity index (χ2n) is 7.10. The Balaban J connectivity index is 0.000000845. The van der Waals surface area contributed by atoms with E-state index >= 15 is 0 Å². The first-order valence-electron chi connectivity index (χ1n) is 8.13. The van der Waals surface area contributed by atoms with Crippen LogP contribution in [0.25, 0.3) is 10.1 Å². The molecule has 1 N–H and O–H groups in total. The molecule has 4 nitrogen and oxygen atoms in total. The average molecular weight is 386 g/mol. The van der Waals surface area contributed by atoms with E-state index in [0.29, 0.717) is 23.6 Å². The van der Waals surface area contributed by atoms with E-state index in [-0.39, 0.29) is 30.7 Å². The molecule has 7 heteroatoms. The average Bonchev–Trinajstić information content (AvgIpc) is 2.97. The molecule has 24 heavy (non-hydrogen) atoms. The van der Waals surface area contributed by atoms with E-state index < -0.39 is 0 Å². The summed E-state index contributed by atoms with van der Waals surface area (Å²) in [6, 6.07) is 4.32. The fourth-order valence-corrected chi connectivity index (χ4v) is 5.60. The topological polar surface area (TPSA) is 45.2 Å². The maximum absolute atomic E-state index is 12.6. The Morgan fingerprint density at radius 3 is 2.67 bits per heavy atom. The lowest BCUT2D eigenvalue weighted by Crippen LogP contribution is -2.64. The normalized spacial score (nSPS) is 32.9. The number of fused-ring (bicyclic) bond motifs is 1. The number of piperidine rings is 3. The summed E-state index contributed by atoms with van der Waals surface area (Å²) in [5, 5.41) is 6.46. The molecule has 4 aliphatic rings. The van der Waals surface area contributed by atoms with E-state index in [2.05, 4.69) is 21.3 Å². The molecular formula is C17H21Cl2N3OS. The number of aromatic nitrogens is 1. The molecule has 4 fully saturated rings. The number of amides is 1. The van der Waals surface area contributed by atoms with E-state index in [9.17, 15) is 4.79 Å². The number of hydrogen-bond donors (Lipinski definition) is 1. The predicted octanol–water partition coefficient (Wildman–Crippen LogP) is 3.21. The van der Waals surface area contributed by atoms with Crippen molar-refractivity contribution in [3.63, 3.8) is 0 Å². The van der Waals surface area contributed by atoms with Crippen LogP contribution in [0.4, 0.5) is 0 Å². The largest absolute Gasteiger partial charge is 0.347 e. The van der Waals surface area contributed by atoms with Crippen molar-refractivity contribution >= 4 is 52.1 Å². The Kier molecular flexibility index (Phi) is 5.07. The smallest absolute Gasteiger partial charge is 0.270 e. The summed E-state index contributed by atoms with van der Waals surface area (Å²) in [7, 11) is 0. The van der Waals surface area contributed by atoms with Gasteiger partial charge in [0.1, 0.15) is 5.69 Å². The van der Waals surface area contributed by atoms with Gasteiger partial charge in [-0.3, -0.25) is 4.79 Å². The quantitative estimate of drug-likeness (QED) is 0.862. The summed E-state index contributed by atoms with van der Waals surface area (Å²) in [6.07, 6.45) is 4.39. The van der Waals surface area contributed by atoms with Crippen molar-refractivity contribution in [2.45, 2.75) is 18.9 Å². The monoisotopic (exact) mass is 385 g/mol. The fourth-order valence-electron chi connectivity index (χ4n) is 4.86. The molecular weight excluding hydrogens is 365 g/mol. The molecule has 1 saturated carbocycles. The van der Waals surface area contributed by atoms with Crippen LogP contribution in [0, 0.1) is 17.8 Å². The molecule has 2 aromatic heterocycles. The minimum atomic E-state index is 0. The first-order chi connectivity index (χ1) is 10.8. The number of hydrogen-bond acceptors (Lipinski definition) is 4. The van der Waals surface area contributed by atoms with Crippen LogP contribution in [0.2, 0.25) is 0 Å². The number of carbonyl (C=O) groups is 1. The van der Waals surface area contributed by atoms with E-state index in [0.717, 1.165) is 29.1 Å². The van der Waals surface area contributed by atoms with Gasteiger partial charge in [0.25, 0.3) is 5.91 Å². The highest BCUT2D eigenvalue weighted by molar-refractivity contribution is 7.17. The second-order valence-corrected chi connectivity index (χ2v) is 8.05. The van der Waals surface area contributed by atoms with Crippen LogP contribution in [0.5, 0.6) is 0 Å². The van der Waals surface area contributed by atoms with E-state index in [1.807, 2.05) is 17.6 Å². The lowest BCUT2D eigenvalue weighted by atomic mass is 9.65. The molecule has 1 amide bonds. The summed E-state index contributed by atoms with van der Waals surface area (Å²) >= 11 is 1.66. The molecule has 0 radical (unpaired) electrons. The first-order valence-corrected chi connectivity index (χ1v) is 9.01. The number of carbonyl (C=O) groups excluding carboxylic acids is 1. The minimum absolute atomic E-state index is 0. The van der Waals surface area contributed by atoms with Gasteiger partial charge in [0, 0.05) is 31.9 Å². The Bertz CT molecular complexity index is 722. The van der Waals surface area contributed by atoms with E-state index in [1.54, 1.807) is 11.3 Å². The highest BCUT2D eigenvalue weighted by atomic mass is 35.5. The summed E-state index contributed by atoms with van der Waals surface area (Å²) in [6.45, 7) is 3.61. The zero-order chi connectivity index (χ0) is 14.7. The number of halogens is 2. The zero-order valence-corrected chi connectivity index (χ0v) is 15.6. The van der Waals surface area contributed by atoms with Crippen LogP contribution in [-0.4, -0.2) is 41.5 Å². The number of thiophene rings is 1. The van der Waals surface area contributed by atoms with Gasteiger partial charge in [-0.25, -0.2) is 4.98 Å². The summed E-state index contributed by atoms with van der Waals surface area (Å²) in [4.78, 5) is 19.6. The lowest BCUT2D eigenvalue weighted by molar-refractivity contribution is -0.0419. The van der Waals surface area contributed by atoms with E-state index in [4.69, 9.17) is 0 Å². The van der Waals surface area contributed by atoms with Gasteiger partial charge in [-0.2, -0.15) is 0 Å². The molecule has 0 aromatic carbocycles. The summed E-state index contributed by atoms with van der Waals surface area (Å²) < 4.78 is 1.14. The Hall–Kier alpha value is -0.880. The van der Waals surface area contributed by atoms with Crippen LogP contribution in [0.1, 0.15) is 23.3 Å². The van der Waals surface area contributed by atoms with E-state index in [1.165, 1.54) is 19.4 Å². The molecule has 2 atom stereocenters. The standard InChI is InChI=1S/C17H19N3OS.2ClH/c21-17(14-5-11-1-2-22-15(11)6-18-14)19-16-12-3-10-4-13(16)9-20(7-10)8-12;;/h1-2,5-6,10,12-13,16H,3-4,7-9H2,(H,19,21);2*1H. The molecule has 3 saturated heterocycles. The fraction of sp³-hybridized carbons (Fsp3) is 0.529. The van der Waals surface area contributed by atoms with Crippen molar-refractivity contribution in [3.8, 4) is 0 Å². The van der Waals surface area contributed by atoms with Gasteiger partial charge in [-0.1, -0.05) is 0 Å². The van der Waals surface area contributed by atoms with Gasteiger partial charge in [0.05, 0.1) is 4.70 Å². The van der Waals surface area contributed by atoms with Crippen molar-refractivity contribution in [1.82, 2.24) is 15.2 Å². The molecule has 130 valence electrons. The van der Waals surface area contributed by atoms with Gasteiger partial charge in [-0.05, 0) is 53.5 Å². The van der Waals surface area contributed by atoms with Crippen molar-refractivity contribution in [2.75, 3.05) is 19.6 Å².